The number of benzene rings is 1. The van der Waals surface area contributed by atoms with E-state index in [9.17, 15) is 4.79 Å². The number of carbonyl (C=O) groups excluding carboxylic acids is 1. The van der Waals surface area contributed by atoms with E-state index in [1.807, 2.05) is 27.7 Å². The second kappa shape index (κ2) is 11.4. The summed E-state index contributed by atoms with van der Waals surface area (Å²) >= 11 is 0. The number of fused-ring (bicyclic) bond motifs is 1. The molecule has 2 rings (SSSR count). The standard InChI is InChI=1S/C26H40N2O3/c1-9-28(10-2)14-12-13-18(5)27-24(29)15-17(4)22-16-23-19(6)21(8)31-26(23)20(7)25(22)30-11-3/h15-16,18H,9-14H2,1-8H3,(H,27,29)/b17-15+. The third kappa shape index (κ3) is 6.13. The van der Waals surface area contributed by atoms with Gasteiger partial charge in [0.25, 0.3) is 0 Å². The number of allylic oxidation sites excluding steroid dienone is 1. The van der Waals surface area contributed by atoms with Crippen molar-refractivity contribution in [1.82, 2.24) is 10.2 Å². The Morgan fingerprint density at radius 2 is 1.87 bits per heavy atom. The Morgan fingerprint density at radius 3 is 2.48 bits per heavy atom. The van der Waals surface area contributed by atoms with E-state index in [1.165, 1.54) is 0 Å². The molecule has 0 aliphatic heterocycles. The smallest absolute Gasteiger partial charge is 0.244 e. The van der Waals surface area contributed by atoms with E-state index < -0.39 is 0 Å². The molecule has 1 unspecified atom stereocenters. The van der Waals surface area contributed by atoms with Crippen LogP contribution in [0.15, 0.2) is 16.6 Å². The zero-order valence-electron chi connectivity index (χ0n) is 20.6. The molecule has 0 saturated carbocycles. The summed E-state index contributed by atoms with van der Waals surface area (Å²) in [5.41, 5.74) is 4.80. The zero-order chi connectivity index (χ0) is 23.1. The van der Waals surface area contributed by atoms with Crippen LogP contribution in [0.4, 0.5) is 0 Å². The van der Waals surface area contributed by atoms with Crippen molar-refractivity contribution < 1.29 is 13.9 Å². The van der Waals surface area contributed by atoms with Gasteiger partial charge < -0.3 is 19.4 Å². The molecule has 1 heterocycles. The van der Waals surface area contributed by atoms with Crippen LogP contribution in [0, 0.1) is 20.8 Å². The van der Waals surface area contributed by atoms with Gasteiger partial charge in [0, 0.05) is 28.6 Å². The summed E-state index contributed by atoms with van der Waals surface area (Å²) in [6.07, 6.45) is 3.74. The van der Waals surface area contributed by atoms with Crippen molar-refractivity contribution in [3.05, 3.63) is 34.6 Å². The normalized spacial score (nSPS) is 13.1. The topological polar surface area (TPSA) is 54.7 Å². The lowest BCUT2D eigenvalue weighted by Crippen LogP contribution is -2.32. The predicted molar refractivity (Wildman–Crippen MR) is 130 cm³/mol. The molecule has 1 amide bonds. The highest BCUT2D eigenvalue weighted by Crippen LogP contribution is 2.38. The minimum Gasteiger partial charge on any atom is -0.493 e. The van der Waals surface area contributed by atoms with E-state index in [2.05, 4.69) is 44.0 Å². The number of nitrogens with zero attached hydrogens (tertiary/aromatic N) is 1. The van der Waals surface area contributed by atoms with Gasteiger partial charge in [0.05, 0.1) is 6.61 Å². The fourth-order valence-electron chi connectivity index (χ4n) is 4.03. The summed E-state index contributed by atoms with van der Waals surface area (Å²) in [6, 6.07) is 2.23. The first kappa shape index (κ1) is 25.0. The largest absolute Gasteiger partial charge is 0.493 e. The lowest BCUT2D eigenvalue weighted by atomic mass is 9.98. The average Bonchev–Trinajstić information content (AvgIpc) is 3.01. The summed E-state index contributed by atoms with van der Waals surface area (Å²) in [7, 11) is 0. The number of nitrogens with one attached hydrogen (secondary N) is 1. The van der Waals surface area contributed by atoms with Gasteiger partial charge in [0.2, 0.25) is 5.91 Å². The van der Waals surface area contributed by atoms with Crippen LogP contribution >= 0.6 is 0 Å². The van der Waals surface area contributed by atoms with Crippen molar-refractivity contribution in [3.8, 4) is 5.75 Å². The molecule has 0 aliphatic carbocycles. The minimum atomic E-state index is -0.0619. The molecular formula is C26H40N2O3. The number of ether oxygens (including phenoxy) is 1. The summed E-state index contributed by atoms with van der Waals surface area (Å²) in [5.74, 6) is 1.64. The maximum Gasteiger partial charge on any atom is 0.244 e. The zero-order valence-corrected chi connectivity index (χ0v) is 20.6. The van der Waals surface area contributed by atoms with E-state index in [1.54, 1.807) is 6.08 Å². The molecule has 5 heteroatoms. The molecule has 5 nitrogen and oxygen atoms in total. The van der Waals surface area contributed by atoms with E-state index in [0.717, 1.165) is 77.2 Å². The third-order valence-corrected chi connectivity index (χ3v) is 6.10. The van der Waals surface area contributed by atoms with Gasteiger partial charge in [0.15, 0.2) is 0 Å². The Labute approximate surface area is 187 Å². The third-order valence-electron chi connectivity index (χ3n) is 6.10. The van der Waals surface area contributed by atoms with E-state index in [-0.39, 0.29) is 11.9 Å². The number of hydrogen-bond donors (Lipinski definition) is 1. The summed E-state index contributed by atoms with van der Waals surface area (Å²) in [6.45, 7) is 20.2. The SMILES string of the molecule is CCOc1c(/C(C)=C/C(=O)NC(C)CCCN(CC)CC)cc2c(C)c(C)oc2c1C. The number of amides is 1. The van der Waals surface area contributed by atoms with Gasteiger partial charge in [0.1, 0.15) is 17.1 Å². The van der Waals surface area contributed by atoms with Crippen molar-refractivity contribution in [2.24, 2.45) is 0 Å². The van der Waals surface area contributed by atoms with Crippen LogP contribution in [0.3, 0.4) is 0 Å². The van der Waals surface area contributed by atoms with Crippen LogP contribution in [-0.2, 0) is 4.79 Å². The molecule has 1 aromatic heterocycles. The lowest BCUT2D eigenvalue weighted by molar-refractivity contribution is -0.117. The summed E-state index contributed by atoms with van der Waals surface area (Å²) in [4.78, 5) is 15.1. The molecule has 31 heavy (non-hydrogen) atoms. The van der Waals surface area contributed by atoms with E-state index >= 15 is 0 Å². The van der Waals surface area contributed by atoms with Crippen LogP contribution in [-0.4, -0.2) is 43.1 Å². The molecule has 0 bridgehead atoms. The van der Waals surface area contributed by atoms with Crippen LogP contribution in [0.5, 0.6) is 5.75 Å². The quantitative estimate of drug-likeness (QED) is 0.461. The fourth-order valence-corrected chi connectivity index (χ4v) is 4.03. The predicted octanol–water partition coefficient (Wildman–Crippen LogP) is 5.79. The van der Waals surface area contributed by atoms with Crippen molar-refractivity contribution in [2.75, 3.05) is 26.2 Å². The molecule has 1 atom stereocenters. The summed E-state index contributed by atoms with van der Waals surface area (Å²) < 4.78 is 11.9. The first-order valence-electron chi connectivity index (χ1n) is 11.6. The molecule has 1 N–H and O–H groups in total. The fraction of sp³-hybridized carbons (Fsp3) is 0.577. The maximum absolute atomic E-state index is 12.7. The number of carbonyl (C=O) groups is 1. The van der Waals surface area contributed by atoms with Crippen molar-refractivity contribution in [3.63, 3.8) is 0 Å². The van der Waals surface area contributed by atoms with Gasteiger partial charge in [-0.2, -0.15) is 0 Å². The van der Waals surface area contributed by atoms with E-state index in [0.29, 0.717) is 6.61 Å². The van der Waals surface area contributed by atoms with Gasteiger partial charge in [-0.1, -0.05) is 13.8 Å². The average molecular weight is 429 g/mol. The van der Waals surface area contributed by atoms with Crippen LogP contribution < -0.4 is 10.1 Å². The maximum atomic E-state index is 12.7. The highest BCUT2D eigenvalue weighted by Gasteiger charge is 2.19. The number of hydrogen-bond acceptors (Lipinski definition) is 4. The van der Waals surface area contributed by atoms with Gasteiger partial charge in [-0.25, -0.2) is 0 Å². The van der Waals surface area contributed by atoms with Crippen molar-refractivity contribution in [1.29, 1.82) is 0 Å². The second-order valence-electron chi connectivity index (χ2n) is 8.38. The second-order valence-corrected chi connectivity index (χ2v) is 8.38. The first-order chi connectivity index (χ1) is 14.7. The minimum absolute atomic E-state index is 0.0619. The molecule has 0 spiro atoms. The van der Waals surface area contributed by atoms with Gasteiger partial charge in [-0.15, -0.1) is 0 Å². The van der Waals surface area contributed by atoms with Crippen molar-refractivity contribution >= 4 is 22.4 Å². The highest BCUT2D eigenvalue weighted by molar-refractivity contribution is 5.98. The molecule has 0 fully saturated rings. The van der Waals surface area contributed by atoms with Crippen molar-refractivity contribution in [2.45, 2.75) is 74.3 Å². The Balaban J connectivity index is 2.18. The molecule has 172 valence electrons. The van der Waals surface area contributed by atoms with E-state index in [4.69, 9.17) is 9.15 Å². The molecule has 2 aromatic rings. The van der Waals surface area contributed by atoms with Crippen LogP contribution in [0.1, 0.15) is 69.9 Å². The van der Waals surface area contributed by atoms with Gasteiger partial charge >= 0.3 is 0 Å². The molecule has 0 saturated heterocycles. The highest BCUT2D eigenvalue weighted by atomic mass is 16.5. The van der Waals surface area contributed by atoms with Crippen LogP contribution in [0.25, 0.3) is 16.5 Å². The number of aryl methyl sites for hydroxylation is 3. The van der Waals surface area contributed by atoms with Gasteiger partial charge in [-0.05, 0) is 91.2 Å². The van der Waals surface area contributed by atoms with Gasteiger partial charge in [-0.3, -0.25) is 4.79 Å². The molecule has 0 aliphatic rings. The van der Waals surface area contributed by atoms with Crippen LogP contribution in [0.2, 0.25) is 0 Å². The Hall–Kier alpha value is -2.27. The molecule has 0 radical (unpaired) electrons. The monoisotopic (exact) mass is 428 g/mol. The Morgan fingerprint density at radius 1 is 1.19 bits per heavy atom. The molecular weight excluding hydrogens is 388 g/mol. The number of furan rings is 1. The number of rotatable bonds is 11. The first-order valence-corrected chi connectivity index (χ1v) is 11.6. The summed E-state index contributed by atoms with van der Waals surface area (Å²) in [5, 5.41) is 4.19. The Bertz CT molecular complexity index is 923. The lowest BCUT2D eigenvalue weighted by Gasteiger charge is -2.19. The Kier molecular flexibility index (Phi) is 9.17. The molecule has 1 aromatic carbocycles.